The minimum atomic E-state index is -1.72. The molecule has 0 aromatic carbocycles. The van der Waals surface area contributed by atoms with Crippen molar-refractivity contribution < 1.29 is 34.2 Å². The van der Waals surface area contributed by atoms with Crippen molar-refractivity contribution in [2.45, 2.75) is 70.1 Å². The van der Waals surface area contributed by atoms with Gasteiger partial charge in [0.05, 0.1) is 18.8 Å². The molecule has 0 bridgehead atoms. The molecule has 1 aromatic heterocycles. The summed E-state index contributed by atoms with van der Waals surface area (Å²) in [5.41, 5.74) is 17.2. The fraction of sp³-hybridized carbons (Fsp3) is 0.591. The number of carbonyl (C=O) groups is 5. The maximum Gasteiger partial charge on any atom is 0.326 e. The van der Waals surface area contributed by atoms with Crippen molar-refractivity contribution in [2.24, 2.45) is 28.1 Å². The smallest absolute Gasteiger partial charge is 0.326 e. The molecule has 0 saturated carbocycles. The highest BCUT2D eigenvalue weighted by atomic mass is 16.4. The summed E-state index contributed by atoms with van der Waals surface area (Å²) in [5.74, 6) is -5.40. The minimum Gasteiger partial charge on any atom is -0.481 e. The monoisotopic (exact) mass is 539 g/mol. The number of aliphatic imine (C=N–C) groups is 1. The zero-order valence-electron chi connectivity index (χ0n) is 21.3. The summed E-state index contributed by atoms with van der Waals surface area (Å²) in [7, 11) is 0. The van der Waals surface area contributed by atoms with E-state index >= 15 is 0 Å². The van der Waals surface area contributed by atoms with E-state index in [1.165, 1.54) is 12.5 Å². The Bertz CT molecular complexity index is 978. The number of guanidine groups is 1. The molecule has 1 rings (SSSR count). The predicted octanol–water partition coefficient (Wildman–Crippen LogP) is -2.61. The zero-order valence-corrected chi connectivity index (χ0v) is 21.3. The van der Waals surface area contributed by atoms with Crippen LogP contribution >= 0.6 is 0 Å². The molecule has 212 valence electrons. The number of nitrogens with two attached hydrogens (primary N) is 3. The molecule has 1 heterocycles. The van der Waals surface area contributed by atoms with Crippen molar-refractivity contribution in [1.29, 1.82) is 0 Å². The van der Waals surface area contributed by atoms with Gasteiger partial charge in [-0.2, -0.15) is 0 Å². The van der Waals surface area contributed by atoms with Crippen molar-refractivity contribution in [1.82, 2.24) is 25.9 Å². The third kappa shape index (κ3) is 12.2. The lowest BCUT2D eigenvalue weighted by Gasteiger charge is -2.26. The molecule has 0 fully saturated rings. The van der Waals surface area contributed by atoms with Crippen molar-refractivity contribution in [3.05, 3.63) is 18.2 Å². The lowest BCUT2D eigenvalue weighted by atomic mass is 10.0. The average Bonchev–Trinajstić information content (AvgIpc) is 3.32. The Labute approximate surface area is 219 Å². The molecule has 0 aliphatic rings. The molecular formula is C22H37N9O7. The topological polar surface area (TPSA) is 281 Å². The number of aromatic nitrogens is 2. The SMILES string of the molecule is CC(C)CC(NC(=O)C(N)Cc1cnc[nH]1)C(=O)NC(CCCN=C(N)N)C(=O)NC(CC(=O)O)C(=O)O. The van der Waals surface area contributed by atoms with E-state index in [4.69, 9.17) is 22.3 Å². The molecule has 0 aliphatic carbocycles. The van der Waals surface area contributed by atoms with Crippen molar-refractivity contribution in [3.63, 3.8) is 0 Å². The second kappa shape index (κ2) is 15.8. The average molecular weight is 540 g/mol. The summed E-state index contributed by atoms with van der Waals surface area (Å²) < 4.78 is 0. The van der Waals surface area contributed by atoms with Crippen LogP contribution < -0.4 is 33.2 Å². The first-order valence-corrected chi connectivity index (χ1v) is 11.9. The highest BCUT2D eigenvalue weighted by Crippen LogP contribution is 2.08. The number of imidazole rings is 1. The van der Waals surface area contributed by atoms with E-state index in [0.29, 0.717) is 5.69 Å². The first-order chi connectivity index (χ1) is 17.8. The van der Waals surface area contributed by atoms with Crippen LogP contribution in [0.15, 0.2) is 17.5 Å². The predicted molar refractivity (Wildman–Crippen MR) is 135 cm³/mol. The van der Waals surface area contributed by atoms with E-state index in [-0.39, 0.29) is 44.1 Å². The van der Waals surface area contributed by atoms with Crippen molar-refractivity contribution in [3.8, 4) is 0 Å². The van der Waals surface area contributed by atoms with Crippen LogP contribution in [0, 0.1) is 5.92 Å². The molecule has 0 spiro atoms. The van der Waals surface area contributed by atoms with Gasteiger partial charge in [-0.05, 0) is 25.2 Å². The molecule has 0 aliphatic heterocycles. The van der Waals surface area contributed by atoms with Crippen LogP contribution in [0.2, 0.25) is 0 Å². The molecule has 16 nitrogen and oxygen atoms in total. The Morgan fingerprint density at radius 1 is 1.00 bits per heavy atom. The van der Waals surface area contributed by atoms with Gasteiger partial charge in [0, 0.05) is 24.9 Å². The Hall–Kier alpha value is -4.21. The summed E-state index contributed by atoms with van der Waals surface area (Å²) in [5, 5.41) is 25.5. The number of rotatable bonds is 17. The summed E-state index contributed by atoms with van der Waals surface area (Å²) in [6, 6.07) is -5.03. The van der Waals surface area contributed by atoms with E-state index < -0.39 is 60.2 Å². The normalized spacial score (nSPS) is 14.0. The number of carboxylic acid groups (broad SMARTS) is 2. The Morgan fingerprint density at radius 2 is 1.61 bits per heavy atom. The fourth-order valence-electron chi connectivity index (χ4n) is 3.40. The summed E-state index contributed by atoms with van der Waals surface area (Å²) in [6.07, 6.45) is 2.68. The van der Waals surface area contributed by atoms with E-state index in [2.05, 4.69) is 30.9 Å². The van der Waals surface area contributed by atoms with Gasteiger partial charge in [0.25, 0.3) is 0 Å². The van der Waals surface area contributed by atoms with Gasteiger partial charge in [-0.3, -0.25) is 24.2 Å². The van der Waals surface area contributed by atoms with Gasteiger partial charge in [-0.25, -0.2) is 9.78 Å². The minimum absolute atomic E-state index is 0.00452. The zero-order chi connectivity index (χ0) is 28.8. The lowest BCUT2D eigenvalue weighted by Crippen LogP contribution is -2.57. The fourth-order valence-corrected chi connectivity index (χ4v) is 3.40. The summed E-state index contributed by atoms with van der Waals surface area (Å²) >= 11 is 0. The molecule has 12 N–H and O–H groups in total. The van der Waals surface area contributed by atoms with Crippen LogP contribution in [0.5, 0.6) is 0 Å². The maximum absolute atomic E-state index is 13.2. The number of carboxylic acids is 2. The van der Waals surface area contributed by atoms with E-state index in [9.17, 15) is 29.1 Å². The van der Waals surface area contributed by atoms with E-state index in [1.54, 1.807) is 0 Å². The largest absolute Gasteiger partial charge is 0.481 e. The second-order valence-corrected chi connectivity index (χ2v) is 9.09. The molecule has 0 radical (unpaired) electrons. The Kier molecular flexibility index (Phi) is 13.2. The quantitative estimate of drug-likeness (QED) is 0.0561. The molecule has 38 heavy (non-hydrogen) atoms. The van der Waals surface area contributed by atoms with Crippen molar-refractivity contribution in [2.75, 3.05) is 6.54 Å². The number of nitrogens with one attached hydrogen (secondary N) is 4. The van der Waals surface area contributed by atoms with Gasteiger partial charge < -0.3 is 48.3 Å². The van der Waals surface area contributed by atoms with Gasteiger partial charge in [-0.15, -0.1) is 0 Å². The molecule has 4 atom stereocenters. The summed E-state index contributed by atoms with van der Waals surface area (Å²) in [6.45, 7) is 3.79. The number of aromatic amines is 1. The van der Waals surface area contributed by atoms with Gasteiger partial charge in [0.1, 0.15) is 18.1 Å². The van der Waals surface area contributed by atoms with Crippen LogP contribution in [0.4, 0.5) is 0 Å². The molecule has 4 unspecified atom stereocenters. The van der Waals surface area contributed by atoms with E-state index in [1.807, 2.05) is 13.8 Å². The van der Waals surface area contributed by atoms with Gasteiger partial charge in [0.15, 0.2) is 5.96 Å². The number of hydrogen-bond acceptors (Lipinski definition) is 8. The summed E-state index contributed by atoms with van der Waals surface area (Å²) in [4.78, 5) is 71.6. The third-order valence-electron chi connectivity index (χ3n) is 5.24. The van der Waals surface area contributed by atoms with Gasteiger partial charge in [0.2, 0.25) is 17.7 Å². The number of carbonyl (C=O) groups excluding carboxylic acids is 3. The molecule has 3 amide bonds. The Balaban J connectivity index is 3.01. The molecule has 0 saturated heterocycles. The lowest BCUT2D eigenvalue weighted by molar-refractivity contribution is -0.147. The van der Waals surface area contributed by atoms with Gasteiger partial charge >= 0.3 is 11.9 Å². The first-order valence-electron chi connectivity index (χ1n) is 11.9. The third-order valence-corrected chi connectivity index (χ3v) is 5.24. The van der Waals surface area contributed by atoms with Crippen LogP contribution in [0.25, 0.3) is 0 Å². The number of aliphatic carboxylic acids is 2. The standard InChI is InChI=1S/C22H37N9O7/c1-11(2)6-15(30-18(34)13(23)7-12-9-26-10-28-12)20(36)29-14(4-3-5-27-22(24)25)19(35)31-16(21(37)38)8-17(32)33/h9-11,13-16H,3-8,23H2,1-2H3,(H,26,28)(H,29,36)(H,30,34)(H,31,35)(H,32,33)(H,37,38)(H4,24,25,27). The highest BCUT2D eigenvalue weighted by molar-refractivity contribution is 5.94. The first kappa shape index (κ1) is 31.8. The number of hydrogen-bond donors (Lipinski definition) is 9. The van der Waals surface area contributed by atoms with Gasteiger partial charge in [-0.1, -0.05) is 13.8 Å². The Morgan fingerprint density at radius 3 is 2.13 bits per heavy atom. The molecular weight excluding hydrogens is 502 g/mol. The number of nitrogens with zero attached hydrogens (tertiary/aromatic N) is 2. The second-order valence-electron chi connectivity index (χ2n) is 9.09. The number of amides is 3. The number of H-pyrrole nitrogens is 1. The van der Waals surface area contributed by atoms with Crippen LogP contribution in [-0.4, -0.2) is 86.5 Å². The van der Waals surface area contributed by atoms with Crippen LogP contribution in [-0.2, 0) is 30.4 Å². The van der Waals surface area contributed by atoms with Crippen molar-refractivity contribution >= 4 is 35.6 Å². The van der Waals surface area contributed by atoms with Crippen LogP contribution in [0.3, 0.4) is 0 Å². The van der Waals surface area contributed by atoms with E-state index in [0.717, 1.165) is 0 Å². The van der Waals surface area contributed by atoms with Crippen LogP contribution in [0.1, 0.15) is 45.2 Å². The molecule has 1 aromatic rings. The highest BCUT2D eigenvalue weighted by Gasteiger charge is 2.31. The maximum atomic E-state index is 13.2. The molecule has 16 heteroatoms.